The Hall–Kier alpha value is -2.63. The van der Waals surface area contributed by atoms with Crippen molar-refractivity contribution >= 4 is 48.4 Å². The van der Waals surface area contributed by atoms with Crippen LogP contribution < -0.4 is 9.64 Å². The van der Waals surface area contributed by atoms with Gasteiger partial charge in [0, 0.05) is 18.3 Å². The fourth-order valence-corrected chi connectivity index (χ4v) is 3.32. The maximum absolute atomic E-state index is 11.5. The molecule has 9 nitrogen and oxygen atoms in total. The third-order valence-corrected chi connectivity index (χ3v) is 4.42. The molecule has 1 aromatic heterocycles. The van der Waals surface area contributed by atoms with E-state index < -0.39 is 18.1 Å². The lowest BCUT2D eigenvalue weighted by molar-refractivity contribution is -0.142. The van der Waals surface area contributed by atoms with E-state index in [1.54, 1.807) is 29.2 Å². The normalized spacial score (nSPS) is 20.0. The average molecular weight is 407 g/mol. The van der Waals surface area contributed by atoms with Crippen LogP contribution in [0.15, 0.2) is 29.3 Å². The number of aliphatic carboxylic acids is 1. The summed E-state index contributed by atoms with van der Waals surface area (Å²) in [5, 5.41) is 19.5. The van der Waals surface area contributed by atoms with Crippen LogP contribution in [0.2, 0.25) is 0 Å². The molecule has 0 radical (unpaired) electrons. The first-order chi connectivity index (χ1) is 12.9. The van der Waals surface area contributed by atoms with Crippen molar-refractivity contribution in [2.24, 2.45) is 4.99 Å². The Balaban J connectivity index is 1.77. The van der Waals surface area contributed by atoms with Gasteiger partial charge >= 0.3 is 5.97 Å². The lowest BCUT2D eigenvalue weighted by atomic mass is 9.98. The molecule has 1 fully saturated rings. The van der Waals surface area contributed by atoms with Crippen LogP contribution >= 0.6 is 24.4 Å². The summed E-state index contributed by atoms with van der Waals surface area (Å²) < 4.78 is 5.98. The highest BCUT2D eigenvalue weighted by atomic mass is 32.1. The summed E-state index contributed by atoms with van der Waals surface area (Å²) in [4.78, 5) is 26.5. The molecule has 2 heterocycles. The summed E-state index contributed by atoms with van der Waals surface area (Å²) in [6, 6.07) is 5.92. The molecule has 27 heavy (non-hydrogen) atoms. The van der Waals surface area contributed by atoms with E-state index in [-0.39, 0.29) is 10.7 Å². The molecule has 2 atom stereocenters. The van der Waals surface area contributed by atoms with Gasteiger partial charge in [-0.15, -0.1) is 0 Å². The van der Waals surface area contributed by atoms with E-state index in [0.29, 0.717) is 35.6 Å². The van der Waals surface area contributed by atoms with Gasteiger partial charge in [-0.25, -0.2) is 4.79 Å². The van der Waals surface area contributed by atoms with Crippen LogP contribution in [0.4, 0.5) is 11.6 Å². The lowest BCUT2D eigenvalue weighted by Crippen LogP contribution is -2.53. The molecule has 142 valence electrons. The third-order valence-electron chi connectivity index (χ3n) is 4.02. The van der Waals surface area contributed by atoms with Gasteiger partial charge < -0.3 is 29.8 Å². The number of aliphatic hydroxyl groups is 1. The number of nitrogens with one attached hydrogen (secondary N) is 2. The quantitative estimate of drug-likeness (QED) is 0.338. The number of aromatic amines is 2. The minimum absolute atomic E-state index is 0.199. The van der Waals surface area contributed by atoms with E-state index in [1.165, 1.54) is 6.40 Å². The number of piperidine rings is 1. The molecule has 0 aliphatic carbocycles. The van der Waals surface area contributed by atoms with Crippen LogP contribution in [-0.2, 0) is 4.79 Å². The molecule has 11 heteroatoms. The van der Waals surface area contributed by atoms with Gasteiger partial charge in [0.2, 0.25) is 10.7 Å². The Morgan fingerprint density at radius 2 is 2.22 bits per heavy atom. The molecule has 1 saturated heterocycles. The van der Waals surface area contributed by atoms with Gasteiger partial charge in [-0.05, 0) is 49.4 Å². The predicted octanol–water partition coefficient (Wildman–Crippen LogP) is 2.35. The number of carboxylic acids is 1. The number of ether oxygens (including phenoxy) is 1. The second kappa shape index (κ2) is 8.37. The third kappa shape index (κ3) is 4.76. The standard InChI is InChI=1S/C16H17N5O4S2/c22-11-5-2-6-21(12(11)13(23)24)9-3-1-4-10(7-9)25-8-17-14-18-15(26)20-16(27)19-14/h1,3-4,7-8,11-12,22H,2,5-6H2,(H,23,24)(H2,18,19,20,26,27)/b17-8-. The topological polar surface area (TPSA) is 127 Å². The molecular weight excluding hydrogens is 390 g/mol. The molecule has 3 rings (SSSR count). The van der Waals surface area contributed by atoms with Crippen LogP contribution in [-0.4, -0.2) is 56.2 Å². The van der Waals surface area contributed by atoms with Crippen molar-refractivity contribution in [3.8, 4) is 5.75 Å². The maximum Gasteiger partial charge on any atom is 0.329 e. The molecule has 0 amide bonds. The van der Waals surface area contributed by atoms with Crippen molar-refractivity contribution < 1.29 is 19.7 Å². The summed E-state index contributed by atoms with van der Waals surface area (Å²) in [7, 11) is 0. The van der Waals surface area contributed by atoms with E-state index in [2.05, 4.69) is 19.9 Å². The molecule has 1 aliphatic heterocycles. The molecular formula is C16H17N5O4S2. The Morgan fingerprint density at radius 1 is 1.41 bits per heavy atom. The maximum atomic E-state index is 11.5. The number of nitrogens with zero attached hydrogens (tertiary/aromatic N) is 3. The summed E-state index contributed by atoms with van der Waals surface area (Å²) in [6.07, 6.45) is 1.43. The smallest absolute Gasteiger partial charge is 0.329 e. The van der Waals surface area contributed by atoms with Gasteiger partial charge in [0.15, 0.2) is 17.2 Å². The van der Waals surface area contributed by atoms with E-state index in [4.69, 9.17) is 29.2 Å². The molecule has 1 aliphatic rings. The van der Waals surface area contributed by atoms with Crippen LogP contribution in [0.25, 0.3) is 0 Å². The molecule has 1 aromatic carbocycles. The summed E-state index contributed by atoms with van der Waals surface area (Å²) in [5.41, 5.74) is 0.645. The Labute approximate surface area is 164 Å². The number of anilines is 1. The van der Waals surface area contributed by atoms with Crippen LogP contribution in [0.3, 0.4) is 0 Å². The van der Waals surface area contributed by atoms with Crippen molar-refractivity contribution in [1.29, 1.82) is 0 Å². The number of aliphatic imine (C=N–C) groups is 1. The van der Waals surface area contributed by atoms with E-state index in [9.17, 15) is 15.0 Å². The number of carbonyl (C=O) groups is 1. The summed E-state index contributed by atoms with van der Waals surface area (Å²) in [5.74, 6) is -0.401. The van der Waals surface area contributed by atoms with Gasteiger partial charge in [0.25, 0.3) is 0 Å². The zero-order valence-corrected chi connectivity index (χ0v) is 15.7. The number of rotatable bonds is 5. The number of carboxylic acid groups (broad SMARTS) is 1. The number of aromatic nitrogens is 3. The second-order valence-corrected chi connectivity index (χ2v) is 6.65. The van der Waals surface area contributed by atoms with Gasteiger partial charge in [0.1, 0.15) is 5.75 Å². The van der Waals surface area contributed by atoms with Crippen molar-refractivity contribution in [3.05, 3.63) is 33.8 Å². The second-order valence-electron chi connectivity index (χ2n) is 5.86. The predicted molar refractivity (Wildman–Crippen MR) is 104 cm³/mol. The zero-order chi connectivity index (χ0) is 19.4. The fourth-order valence-electron chi connectivity index (χ4n) is 2.88. The Bertz CT molecular complexity index is 945. The summed E-state index contributed by atoms with van der Waals surface area (Å²) in [6.45, 7) is 0.536. The van der Waals surface area contributed by atoms with E-state index >= 15 is 0 Å². The number of benzene rings is 1. The molecule has 0 spiro atoms. The molecule has 4 N–H and O–H groups in total. The molecule has 0 bridgehead atoms. The van der Waals surface area contributed by atoms with Crippen LogP contribution in [0.5, 0.6) is 5.75 Å². The highest BCUT2D eigenvalue weighted by molar-refractivity contribution is 7.71. The van der Waals surface area contributed by atoms with Crippen molar-refractivity contribution in [2.45, 2.75) is 25.0 Å². The highest BCUT2D eigenvalue weighted by Crippen LogP contribution is 2.28. The van der Waals surface area contributed by atoms with Gasteiger partial charge in [-0.1, -0.05) is 6.07 Å². The average Bonchev–Trinajstić information content (AvgIpc) is 2.60. The largest absolute Gasteiger partial charge is 0.480 e. The SMILES string of the molecule is O=C(O)C1C(O)CCCN1c1cccc(O/C=N\c2nc(=S)[nH]c(=S)[nH]2)c1. The fraction of sp³-hybridized carbons (Fsp3) is 0.312. The monoisotopic (exact) mass is 407 g/mol. The van der Waals surface area contributed by atoms with Gasteiger partial charge in [-0.3, -0.25) is 0 Å². The molecule has 2 unspecified atom stereocenters. The van der Waals surface area contributed by atoms with Crippen molar-refractivity contribution in [2.75, 3.05) is 11.4 Å². The van der Waals surface area contributed by atoms with Gasteiger partial charge in [-0.2, -0.15) is 9.98 Å². The minimum atomic E-state index is -1.06. The number of hydrogen-bond acceptors (Lipinski definition) is 8. The first kappa shape index (κ1) is 19.1. The number of aliphatic hydroxyl groups excluding tert-OH is 1. The summed E-state index contributed by atoms with van der Waals surface area (Å²) >= 11 is 9.88. The van der Waals surface area contributed by atoms with Crippen molar-refractivity contribution in [3.63, 3.8) is 0 Å². The molecule has 2 aromatic rings. The molecule has 0 saturated carbocycles. The zero-order valence-electron chi connectivity index (χ0n) is 14.0. The van der Waals surface area contributed by atoms with E-state index in [0.717, 1.165) is 0 Å². The van der Waals surface area contributed by atoms with Crippen molar-refractivity contribution in [1.82, 2.24) is 15.0 Å². The van der Waals surface area contributed by atoms with Gasteiger partial charge in [0.05, 0.1) is 6.10 Å². The number of hydrogen-bond donors (Lipinski definition) is 4. The Kier molecular flexibility index (Phi) is 5.94. The lowest BCUT2D eigenvalue weighted by Gasteiger charge is -2.38. The minimum Gasteiger partial charge on any atom is -0.480 e. The first-order valence-corrected chi connectivity index (χ1v) is 8.93. The van der Waals surface area contributed by atoms with Crippen LogP contribution in [0.1, 0.15) is 12.8 Å². The van der Waals surface area contributed by atoms with Crippen LogP contribution in [0, 0.1) is 9.54 Å². The first-order valence-electron chi connectivity index (χ1n) is 8.11. The number of H-pyrrole nitrogens is 2. The van der Waals surface area contributed by atoms with E-state index in [1.807, 2.05) is 0 Å². The Morgan fingerprint density at radius 3 is 2.96 bits per heavy atom. The highest BCUT2D eigenvalue weighted by Gasteiger charge is 2.36.